The normalized spacial score (nSPS) is 10.3. The summed E-state index contributed by atoms with van der Waals surface area (Å²) < 4.78 is 15.6. The lowest BCUT2D eigenvalue weighted by Gasteiger charge is -2.03. The molecule has 0 saturated heterocycles. The van der Waals surface area contributed by atoms with Gasteiger partial charge in [-0.1, -0.05) is 12.1 Å². The molecule has 0 atom stereocenters. The van der Waals surface area contributed by atoms with Gasteiger partial charge >= 0.3 is 5.97 Å². The van der Waals surface area contributed by atoms with Crippen LogP contribution in [0.15, 0.2) is 28.7 Å². The monoisotopic (exact) mass is 261 g/mol. The van der Waals surface area contributed by atoms with Gasteiger partial charge in [-0.2, -0.15) is 0 Å². The van der Waals surface area contributed by atoms with Crippen molar-refractivity contribution in [3.8, 4) is 17.1 Å². The van der Waals surface area contributed by atoms with Gasteiger partial charge in [-0.25, -0.2) is 9.78 Å². The Kier molecular flexibility index (Phi) is 3.85. The number of aryl methyl sites for hydroxylation is 1. The highest BCUT2D eigenvalue weighted by Gasteiger charge is 2.21. The Morgan fingerprint density at radius 1 is 1.42 bits per heavy atom. The maximum Gasteiger partial charge on any atom is 0.360 e. The van der Waals surface area contributed by atoms with Crippen LogP contribution in [-0.2, 0) is 4.74 Å². The van der Waals surface area contributed by atoms with Gasteiger partial charge in [0.1, 0.15) is 5.75 Å². The fraction of sp³-hybridized carbons (Fsp3) is 0.286. The zero-order valence-corrected chi connectivity index (χ0v) is 11.1. The SMILES string of the molecule is CCOC(=O)c1nc(C)oc1-c1cccc(OC)c1. The predicted molar refractivity (Wildman–Crippen MR) is 69.2 cm³/mol. The summed E-state index contributed by atoms with van der Waals surface area (Å²) in [5.74, 6) is 1.01. The Hall–Kier alpha value is -2.30. The molecule has 1 aromatic carbocycles. The summed E-state index contributed by atoms with van der Waals surface area (Å²) >= 11 is 0. The smallest absolute Gasteiger partial charge is 0.360 e. The molecule has 1 heterocycles. The van der Waals surface area contributed by atoms with E-state index in [1.54, 1.807) is 27.0 Å². The average Bonchev–Trinajstić information content (AvgIpc) is 2.81. The number of oxazole rings is 1. The predicted octanol–water partition coefficient (Wildman–Crippen LogP) is 2.84. The first kappa shape index (κ1) is 13.1. The van der Waals surface area contributed by atoms with E-state index in [1.165, 1.54) is 0 Å². The van der Waals surface area contributed by atoms with E-state index in [0.29, 0.717) is 24.0 Å². The second kappa shape index (κ2) is 5.56. The molecule has 0 radical (unpaired) electrons. The number of hydrogen-bond acceptors (Lipinski definition) is 5. The Morgan fingerprint density at radius 2 is 2.21 bits per heavy atom. The van der Waals surface area contributed by atoms with Crippen LogP contribution in [0.2, 0.25) is 0 Å². The first-order valence-corrected chi connectivity index (χ1v) is 5.94. The van der Waals surface area contributed by atoms with E-state index in [4.69, 9.17) is 13.9 Å². The molecule has 0 unspecified atom stereocenters. The van der Waals surface area contributed by atoms with Crippen LogP contribution in [0.25, 0.3) is 11.3 Å². The molecule has 5 nitrogen and oxygen atoms in total. The lowest BCUT2D eigenvalue weighted by molar-refractivity contribution is 0.0520. The number of rotatable bonds is 4. The first-order valence-electron chi connectivity index (χ1n) is 5.94. The molecule has 5 heteroatoms. The number of carbonyl (C=O) groups is 1. The first-order chi connectivity index (χ1) is 9.15. The molecule has 0 bridgehead atoms. The van der Waals surface area contributed by atoms with Crippen molar-refractivity contribution in [1.82, 2.24) is 4.98 Å². The summed E-state index contributed by atoms with van der Waals surface area (Å²) in [6.07, 6.45) is 0. The Morgan fingerprint density at radius 3 is 2.89 bits per heavy atom. The van der Waals surface area contributed by atoms with Crippen molar-refractivity contribution in [2.75, 3.05) is 13.7 Å². The van der Waals surface area contributed by atoms with Crippen molar-refractivity contribution in [1.29, 1.82) is 0 Å². The van der Waals surface area contributed by atoms with Crippen LogP contribution in [0.1, 0.15) is 23.3 Å². The molecular formula is C14H15NO4. The maximum atomic E-state index is 11.8. The van der Waals surface area contributed by atoms with Gasteiger partial charge in [0.05, 0.1) is 13.7 Å². The standard InChI is InChI=1S/C14H15NO4/c1-4-18-14(16)12-13(19-9(2)15-12)10-6-5-7-11(8-10)17-3/h5-8H,4H2,1-3H3. The third-order valence-electron chi connectivity index (χ3n) is 2.53. The highest BCUT2D eigenvalue weighted by atomic mass is 16.5. The van der Waals surface area contributed by atoms with Crippen LogP contribution in [0.5, 0.6) is 5.75 Å². The maximum absolute atomic E-state index is 11.8. The highest BCUT2D eigenvalue weighted by Crippen LogP contribution is 2.28. The second-order valence-electron chi connectivity index (χ2n) is 3.86. The van der Waals surface area contributed by atoms with Crippen LogP contribution >= 0.6 is 0 Å². The van der Waals surface area contributed by atoms with Gasteiger partial charge < -0.3 is 13.9 Å². The summed E-state index contributed by atoms with van der Waals surface area (Å²) in [7, 11) is 1.58. The minimum absolute atomic E-state index is 0.188. The topological polar surface area (TPSA) is 61.6 Å². The molecule has 2 rings (SSSR count). The lowest BCUT2D eigenvalue weighted by atomic mass is 10.1. The van der Waals surface area contributed by atoms with Crippen molar-refractivity contribution in [3.05, 3.63) is 35.9 Å². The number of aromatic nitrogens is 1. The summed E-state index contributed by atoms with van der Waals surface area (Å²) in [4.78, 5) is 15.9. The van der Waals surface area contributed by atoms with Gasteiger partial charge in [0.15, 0.2) is 17.3 Å². The molecule has 0 saturated carbocycles. The molecule has 0 aliphatic heterocycles. The van der Waals surface area contributed by atoms with E-state index in [-0.39, 0.29) is 5.69 Å². The molecular weight excluding hydrogens is 246 g/mol. The number of carbonyl (C=O) groups excluding carboxylic acids is 1. The van der Waals surface area contributed by atoms with Gasteiger partial charge in [0.2, 0.25) is 0 Å². The summed E-state index contributed by atoms with van der Waals surface area (Å²) in [5, 5.41) is 0. The molecule has 0 aliphatic carbocycles. The number of methoxy groups -OCH3 is 1. The molecule has 0 amide bonds. The molecule has 19 heavy (non-hydrogen) atoms. The van der Waals surface area contributed by atoms with Crippen LogP contribution in [0.4, 0.5) is 0 Å². The highest BCUT2D eigenvalue weighted by molar-refractivity contribution is 5.93. The lowest BCUT2D eigenvalue weighted by Crippen LogP contribution is -2.06. The zero-order chi connectivity index (χ0) is 13.8. The minimum atomic E-state index is -0.489. The van der Waals surface area contributed by atoms with Crippen molar-refractivity contribution >= 4 is 5.97 Å². The summed E-state index contributed by atoms with van der Waals surface area (Å²) in [6.45, 7) is 3.73. The second-order valence-corrected chi connectivity index (χ2v) is 3.86. The fourth-order valence-electron chi connectivity index (χ4n) is 1.72. The van der Waals surface area contributed by atoms with E-state index in [1.807, 2.05) is 18.2 Å². The molecule has 100 valence electrons. The van der Waals surface area contributed by atoms with Crippen LogP contribution in [0.3, 0.4) is 0 Å². The molecule has 2 aromatic rings. The Balaban J connectivity index is 2.46. The van der Waals surface area contributed by atoms with Crippen LogP contribution in [-0.4, -0.2) is 24.7 Å². The number of esters is 1. The van der Waals surface area contributed by atoms with Crippen molar-refractivity contribution in [3.63, 3.8) is 0 Å². The molecule has 1 aromatic heterocycles. The van der Waals surface area contributed by atoms with E-state index in [2.05, 4.69) is 4.98 Å². The summed E-state index contributed by atoms with van der Waals surface area (Å²) in [6, 6.07) is 7.24. The zero-order valence-electron chi connectivity index (χ0n) is 11.1. The number of hydrogen-bond donors (Lipinski definition) is 0. The number of ether oxygens (including phenoxy) is 2. The van der Waals surface area contributed by atoms with E-state index < -0.39 is 5.97 Å². The third kappa shape index (κ3) is 2.76. The van der Waals surface area contributed by atoms with E-state index >= 15 is 0 Å². The van der Waals surface area contributed by atoms with Crippen molar-refractivity contribution in [2.45, 2.75) is 13.8 Å². The van der Waals surface area contributed by atoms with E-state index in [9.17, 15) is 4.79 Å². The third-order valence-corrected chi connectivity index (χ3v) is 2.53. The fourth-order valence-corrected chi connectivity index (χ4v) is 1.72. The largest absolute Gasteiger partial charge is 0.497 e. The molecule has 0 spiro atoms. The molecule has 0 fully saturated rings. The number of benzene rings is 1. The minimum Gasteiger partial charge on any atom is -0.497 e. The van der Waals surface area contributed by atoms with Gasteiger partial charge in [-0.15, -0.1) is 0 Å². The van der Waals surface area contributed by atoms with Crippen LogP contribution < -0.4 is 4.74 Å². The van der Waals surface area contributed by atoms with E-state index in [0.717, 1.165) is 5.56 Å². The van der Waals surface area contributed by atoms with Crippen molar-refractivity contribution in [2.24, 2.45) is 0 Å². The van der Waals surface area contributed by atoms with Gasteiger partial charge in [-0.05, 0) is 19.1 Å². The van der Waals surface area contributed by atoms with Crippen LogP contribution in [0, 0.1) is 6.92 Å². The average molecular weight is 261 g/mol. The van der Waals surface area contributed by atoms with Gasteiger partial charge in [0, 0.05) is 12.5 Å². The summed E-state index contributed by atoms with van der Waals surface area (Å²) in [5.41, 5.74) is 0.913. The number of nitrogens with zero attached hydrogens (tertiary/aromatic N) is 1. The van der Waals surface area contributed by atoms with Gasteiger partial charge in [-0.3, -0.25) is 0 Å². The quantitative estimate of drug-likeness (QED) is 0.792. The Bertz CT molecular complexity index is 589. The van der Waals surface area contributed by atoms with Crippen molar-refractivity contribution < 1.29 is 18.7 Å². The Labute approximate surface area is 111 Å². The molecule has 0 aliphatic rings. The molecule has 0 N–H and O–H groups in total. The van der Waals surface area contributed by atoms with Gasteiger partial charge in [0.25, 0.3) is 0 Å².